The number of nitrogens with zero attached hydrogens (tertiary/aromatic N) is 2. The van der Waals surface area contributed by atoms with Crippen LogP contribution < -0.4 is 5.32 Å². The highest BCUT2D eigenvalue weighted by molar-refractivity contribution is 6.30. The molecule has 0 bridgehead atoms. The molecule has 1 aliphatic rings. The lowest BCUT2D eigenvalue weighted by molar-refractivity contribution is -0.133. The highest BCUT2D eigenvalue weighted by Gasteiger charge is 2.21. The van der Waals surface area contributed by atoms with Gasteiger partial charge in [-0.05, 0) is 23.3 Å². The number of nitrogens with one attached hydrogen (secondary N) is 1. The van der Waals surface area contributed by atoms with Crippen molar-refractivity contribution in [2.75, 3.05) is 6.54 Å². The van der Waals surface area contributed by atoms with E-state index in [1.807, 2.05) is 42.5 Å². The lowest BCUT2D eigenvalue weighted by Crippen LogP contribution is -2.27. The van der Waals surface area contributed by atoms with Crippen LogP contribution in [0.2, 0.25) is 5.02 Å². The van der Waals surface area contributed by atoms with Gasteiger partial charge in [-0.25, -0.2) is 5.01 Å². The Morgan fingerprint density at radius 3 is 2.65 bits per heavy atom. The molecule has 5 nitrogen and oxygen atoms in total. The number of carbonyl (C=O) groups excluding carboxylic acids is 2. The van der Waals surface area contributed by atoms with E-state index in [0.717, 1.165) is 23.3 Å². The second-order valence-corrected chi connectivity index (χ2v) is 6.52. The van der Waals surface area contributed by atoms with Gasteiger partial charge in [-0.15, -0.1) is 0 Å². The van der Waals surface area contributed by atoms with Gasteiger partial charge in [-0.3, -0.25) is 9.59 Å². The molecule has 0 radical (unpaired) electrons. The van der Waals surface area contributed by atoms with E-state index in [-0.39, 0.29) is 24.7 Å². The number of amides is 2. The maximum Gasteiger partial charge on any atom is 0.243 e. The minimum Gasteiger partial charge on any atom is -0.352 e. The fourth-order valence-corrected chi connectivity index (χ4v) is 2.97. The molecule has 1 N–H and O–H groups in total. The fourth-order valence-electron chi connectivity index (χ4n) is 2.76. The number of halogens is 1. The van der Waals surface area contributed by atoms with Crippen LogP contribution in [-0.4, -0.2) is 29.1 Å². The summed E-state index contributed by atoms with van der Waals surface area (Å²) in [7, 11) is 0. The average molecular weight is 370 g/mol. The highest BCUT2D eigenvalue weighted by Crippen LogP contribution is 2.15. The quantitative estimate of drug-likeness (QED) is 0.848. The molecule has 0 spiro atoms. The van der Waals surface area contributed by atoms with E-state index >= 15 is 0 Å². The van der Waals surface area contributed by atoms with Gasteiger partial charge in [0.1, 0.15) is 0 Å². The summed E-state index contributed by atoms with van der Waals surface area (Å²) < 4.78 is 0. The van der Waals surface area contributed by atoms with Crippen LogP contribution in [0.25, 0.3) is 0 Å². The molecule has 0 saturated heterocycles. The maximum absolute atomic E-state index is 12.3. The zero-order valence-electron chi connectivity index (χ0n) is 14.3. The zero-order valence-corrected chi connectivity index (χ0v) is 15.1. The minimum atomic E-state index is -0.162. The van der Waals surface area contributed by atoms with Crippen molar-refractivity contribution in [3.63, 3.8) is 0 Å². The molecule has 0 fully saturated rings. The lowest BCUT2D eigenvalue weighted by atomic mass is 10.1. The van der Waals surface area contributed by atoms with Crippen LogP contribution in [0.5, 0.6) is 0 Å². The molecule has 3 rings (SSSR count). The predicted octanol–water partition coefficient (Wildman–Crippen LogP) is 3.37. The number of hydrogen-bond acceptors (Lipinski definition) is 3. The molecule has 2 aromatic carbocycles. The number of hydrogen-bond donors (Lipinski definition) is 1. The Balaban J connectivity index is 1.45. The number of hydrazone groups is 1. The maximum atomic E-state index is 12.3. The molecule has 6 heteroatoms. The van der Waals surface area contributed by atoms with Crippen molar-refractivity contribution in [1.82, 2.24) is 10.3 Å². The predicted molar refractivity (Wildman–Crippen MR) is 102 cm³/mol. The molecule has 2 amide bonds. The molecule has 134 valence electrons. The van der Waals surface area contributed by atoms with Crippen molar-refractivity contribution in [3.05, 3.63) is 70.7 Å². The summed E-state index contributed by atoms with van der Waals surface area (Å²) in [6, 6.07) is 17.1. The number of benzene rings is 2. The number of carbonyl (C=O) groups is 2. The molecule has 1 aliphatic heterocycles. The normalized spacial score (nSPS) is 13.4. The van der Waals surface area contributed by atoms with Crippen LogP contribution in [0.15, 0.2) is 59.7 Å². The van der Waals surface area contributed by atoms with Gasteiger partial charge < -0.3 is 5.32 Å². The monoisotopic (exact) mass is 369 g/mol. The first-order valence-corrected chi connectivity index (χ1v) is 8.94. The van der Waals surface area contributed by atoms with Crippen LogP contribution >= 0.6 is 11.6 Å². The molecule has 26 heavy (non-hydrogen) atoms. The second kappa shape index (κ2) is 8.63. The summed E-state index contributed by atoms with van der Waals surface area (Å²) in [5.41, 5.74) is 2.86. The Morgan fingerprint density at radius 1 is 1.08 bits per heavy atom. The van der Waals surface area contributed by atoms with Crippen LogP contribution in [0, 0.1) is 0 Å². The molecule has 0 unspecified atom stereocenters. The van der Waals surface area contributed by atoms with Gasteiger partial charge in [-0.1, -0.05) is 54.1 Å². The van der Waals surface area contributed by atoms with E-state index in [0.29, 0.717) is 18.1 Å². The Hall–Kier alpha value is -2.66. The van der Waals surface area contributed by atoms with Gasteiger partial charge in [0, 0.05) is 30.8 Å². The minimum absolute atomic E-state index is 0.131. The van der Waals surface area contributed by atoms with Gasteiger partial charge in [0.05, 0.1) is 12.3 Å². The lowest BCUT2D eigenvalue weighted by Gasteiger charge is -2.11. The Morgan fingerprint density at radius 2 is 1.88 bits per heavy atom. The largest absolute Gasteiger partial charge is 0.352 e. The third kappa shape index (κ3) is 4.92. The molecular weight excluding hydrogens is 350 g/mol. The second-order valence-electron chi connectivity index (χ2n) is 6.09. The van der Waals surface area contributed by atoms with Crippen LogP contribution in [0.4, 0.5) is 0 Å². The van der Waals surface area contributed by atoms with E-state index in [9.17, 15) is 9.59 Å². The van der Waals surface area contributed by atoms with Gasteiger partial charge >= 0.3 is 0 Å². The van der Waals surface area contributed by atoms with Crippen LogP contribution in [-0.2, 0) is 16.1 Å². The zero-order chi connectivity index (χ0) is 18.4. The van der Waals surface area contributed by atoms with Crippen molar-refractivity contribution in [3.8, 4) is 0 Å². The van der Waals surface area contributed by atoms with Crippen LogP contribution in [0.1, 0.15) is 30.4 Å². The van der Waals surface area contributed by atoms with Crippen molar-refractivity contribution < 1.29 is 9.59 Å². The van der Waals surface area contributed by atoms with Crippen molar-refractivity contribution in [2.45, 2.75) is 25.8 Å². The van der Waals surface area contributed by atoms with E-state index < -0.39 is 0 Å². The molecule has 1 heterocycles. The fraction of sp³-hybridized carbons (Fsp3) is 0.250. The topological polar surface area (TPSA) is 61.8 Å². The molecule has 0 aliphatic carbocycles. The molecule has 0 aromatic heterocycles. The van der Waals surface area contributed by atoms with E-state index in [1.54, 1.807) is 12.1 Å². The number of rotatable bonds is 6. The Labute approximate surface area is 157 Å². The first kappa shape index (κ1) is 18.1. The summed E-state index contributed by atoms with van der Waals surface area (Å²) in [5.74, 6) is -0.293. The first-order valence-electron chi connectivity index (χ1n) is 8.56. The van der Waals surface area contributed by atoms with Crippen LogP contribution in [0.3, 0.4) is 0 Å². The smallest absolute Gasteiger partial charge is 0.243 e. The van der Waals surface area contributed by atoms with Gasteiger partial charge in [0.25, 0.3) is 0 Å². The Bertz CT molecular complexity index is 821. The summed E-state index contributed by atoms with van der Waals surface area (Å²) in [5, 5.41) is 9.29. The van der Waals surface area contributed by atoms with E-state index in [1.165, 1.54) is 5.01 Å². The van der Waals surface area contributed by atoms with E-state index in [2.05, 4.69) is 10.4 Å². The van der Waals surface area contributed by atoms with Gasteiger partial charge in [0.2, 0.25) is 11.8 Å². The van der Waals surface area contributed by atoms with Gasteiger partial charge in [0.15, 0.2) is 0 Å². The average Bonchev–Trinajstić information content (AvgIpc) is 3.15. The van der Waals surface area contributed by atoms with E-state index in [4.69, 9.17) is 11.6 Å². The molecular formula is C20H20ClN3O2. The summed E-state index contributed by atoms with van der Waals surface area (Å²) in [6.45, 7) is 0.959. The summed E-state index contributed by atoms with van der Waals surface area (Å²) in [4.78, 5) is 24.2. The van der Waals surface area contributed by atoms with Crippen molar-refractivity contribution >= 4 is 29.1 Å². The highest BCUT2D eigenvalue weighted by atomic mass is 35.5. The van der Waals surface area contributed by atoms with Gasteiger partial charge in [-0.2, -0.15) is 5.10 Å². The standard InChI is InChI=1S/C20H20ClN3O2/c21-17-8-4-5-15(13-17)14-22-19(25)9-10-20(26)24-12-11-18(23-24)16-6-2-1-3-7-16/h1-8,13H,9-12,14H2,(H,22,25). The Kier molecular flexibility index (Phi) is 6.02. The third-order valence-electron chi connectivity index (χ3n) is 4.14. The SMILES string of the molecule is O=C(CCC(=O)N1CCC(c2ccccc2)=N1)NCc1cccc(Cl)c1. The summed E-state index contributed by atoms with van der Waals surface area (Å²) >= 11 is 5.92. The third-order valence-corrected chi connectivity index (χ3v) is 4.38. The first-order chi connectivity index (χ1) is 12.6. The summed E-state index contributed by atoms with van der Waals surface area (Å²) in [6.07, 6.45) is 1.02. The van der Waals surface area contributed by atoms with Crippen molar-refractivity contribution in [1.29, 1.82) is 0 Å². The molecule has 2 aromatic rings. The van der Waals surface area contributed by atoms with Crippen molar-refractivity contribution in [2.24, 2.45) is 5.10 Å². The molecule has 0 atom stereocenters. The molecule has 0 saturated carbocycles.